The molecule has 0 N–H and O–H groups in total. The van der Waals surface area contributed by atoms with Gasteiger partial charge in [0.25, 0.3) is 0 Å². The maximum Gasteiger partial charge on any atom is 0.0414 e. The van der Waals surface area contributed by atoms with Gasteiger partial charge in [-0.1, -0.05) is 33.6 Å². The zero-order chi connectivity index (χ0) is 18.5. The van der Waals surface area contributed by atoms with Crippen LogP contribution in [0.2, 0.25) is 0 Å². The first kappa shape index (κ1) is 18.8. The highest BCUT2D eigenvalue weighted by molar-refractivity contribution is 5.64. The molecule has 4 fully saturated rings. The van der Waals surface area contributed by atoms with Gasteiger partial charge in [0.05, 0.1) is 0 Å². The third-order valence-electron chi connectivity index (χ3n) is 10.1. The normalized spacial score (nSPS) is 49.0. The number of aliphatic carboxylic acids is 1. The van der Waals surface area contributed by atoms with Crippen molar-refractivity contribution in [2.75, 3.05) is 0 Å². The Hall–Kier alpha value is -0.530. The van der Waals surface area contributed by atoms with Crippen LogP contribution in [-0.4, -0.2) is 5.97 Å². The van der Waals surface area contributed by atoms with E-state index in [4.69, 9.17) is 0 Å². The van der Waals surface area contributed by atoms with E-state index in [0.29, 0.717) is 16.7 Å². The minimum absolute atomic E-state index is 0.240. The molecule has 0 unspecified atom stereocenters. The molecule has 0 saturated heterocycles. The quantitative estimate of drug-likeness (QED) is 0.692. The number of fused-ring (bicyclic) bond motifs is 5. The second-order valence-electron chi connectivity index (χ2n) is 11.0. The smallest absolute Gasteiger partial charge is 0.0414 e. The summed E-state index contributed by atoms with van der Waals surface area (Å²) in [7, 11) is 0. The monoisotopic (exact) mass is 359 g/mol. The third kappa shape index (κ3) is 2.85. The van der Waals surface area contributed by atoms with Crippen LogP contribution in [-0.2, 0) is 4.79 Å². The summed E-state index contributed by atoms with van der Waals surface area (Å²) in [6.45, 7) is 7.55. The van der Waals surface area contributed by atoms with Crippen molar-refractivity contribution in [3.05, 3.63) is 0 Å². The molecular formula is C24H39O2-. The highest BCUT2D eigenvalue weighted by Gasteiger charge is 2.59. The van der Waals surface area contributed by atoms with Crippen LogP contribution in [0.1, 0.15) is 97.8 Å². The molecule has 0 aromatic heterocycles. The second-order valence-corrected chi connectivity index (χ2v) is 11.0. The summed E-state index contributed by atoms with van der Waals surface area (Å²) in [5, 5.41) is 10.9. The first-order chi connectivity index (χ1) is 12.4. The van der Waals surface area contributed by atoms with Gasteiger partial charge in [0, 0.05) is 5.97 Å². The van der Waals surface area contributed by atoms with Crippen molar-refractivity contribution in [1.29, 1.82) is 0 Å². The average molecular weight is 360 g/mol. The molecule has 0 aromatic carbocycles. The Morgan fingerprint density at radius 3 is 2.50 bits per heavy atom. The van der Waals surface area contributed by atoms with Crippen molar-refractivity contribution in [2.45, 2.75) is 97.8 Å². The van der Waals surface area contributed by atoms with E-state index in [0.717, 1.165) is 36.0 Å². The molecule has 0 amide bonds. The lowest BCUT2D eigenvalue weighted by Gasteiger charge is -2.61. The van der Waals surface area contributed by atoms with Crippen molar-refractivity contribution in [3.63, 3.8) is 0 Å². The summed E-state index contributed by atoms with van der Waals surface area (Å²) in [6, 6.07) is 0. The van der Waals surface area contributed by atoms with E-state index in [1.54, 1.807) is 0 Å². The van der Waals surface area contributed by atoms with E-state index in [9.17, 15) is 9.90 Å². The lowest BCUT2D eigenvalue weighted by atomic mass is 9.44. The molecular weight excluding hydrogens is 320 g/mol. The topological polar surface area (TPSA) is 40.1 Å². The molecule has 0 aliphatic heterocycles. The first-order valence-electron chi connectivity index (χ1n) is 11.6. The minimum Gasteiger partial charge on any atom is -0.550 e. The van der Waals surface area contributed by atoms with E-state index in [1.165, 1.54) is 64.2 Å². The van der Waals surface area contributed by atoms with Gasteiger partial charge >= 0.3 is 0 Å². The molecule has 4 saturated carbocycles. The third-order valence-corrected chi connectivity index (χ3v) is 10.1. The van der Waals surface area contributed by atoms with Gasteiger partial charge in [-0.15, -0.1) is 0 Å². The molecule has 4 aliphatic rings. The summed E-state index contributed by atoms with van der Waals surface area (Å²) >= 11 is 0. The van der Waals surface area contributed by atoms with Gasteiger partial charge in [-0.3, -0.25) is 0 Å². The Bertz CT molecular complexity index is 542. The van der Waals surface area contributed by atoms with E-state index >= 15 is 0 Å². The van der Waals surface area contributed by atoms with Crippen LogP contribution in [0, 0.1) is 46.3 Å². The summed E-state index contributed by atoms with van der Waals surface area (Å²) in [5.41, 5.74) is 1.09. The predicted octanol–water partition coefficient (Wildman–Crippen LogP) is 5.20. The highest BCUT2D eigenvalue weighted by atomic mass is 16.4. The Morgan fingerprint density at radius 2 is 1.73 bits per heavy atom. The number of carbonyl (C=O) groups excluding carboxylic acids is 1. The molecule has 0 spiro atoms. The standard InChI is InChI=1S/C24H40O2/c1-16(7-12-22(25)26)19-10-11-20-18-9-8-17-6-4-5-14-23(17,2)21(18)13-15-24(19,20)3/h16-21H,4-15H2,1-3H3,(H,25,26)/p-1/t16-,17+,18+,19-,20+,21+,23+,24-/m1/s1. The fourth-order valence-corrected chi connectivity index (χ4v) is 8.82. The van der Waals surface area contributed by atoms with Gasteiger partial charge in [-0.25, -0.2) is 0 Å². The van der Waals surface area contributed by atoms with Gasteiger partial charge < -0.3 is 9.90 Å². The summed E-state index contributed by atoms with van der Waals surface area (Å²) in [6.07, 6.45) is 15.5. The van der Waals surface area contributed by atoms with Crippen LogP contribution in [0.15, 0.2) is 0 Å². The minimum atomic E-state index is -0.871. The molecule has 148 valence electrons. The maximum absolute atomic E-state index is 10.9. The number of hydrogen-bond donors (Lipinski definition) is 0. The molecule has 4 aliphatic carbocycles. The molecule has 0 radical (unpaired) electrons. The van der Waals surface area contributed by atoms with Crippen LogP contribution in [0.4, 0.5) is 0 Å². The van der Waals surface area contributed by atoms with Gasteiger partial charge in [0.1, 0.15) is 0 Å². The zero-order valence-corrected chi connectivity index (χ0v) is 17.3. The largest absolute Gasteiger partial charge is 0.550 e. The molecule has 4 rings (SSSR count). The number of carboxylic acid groups (broad SMARTS) is 1. The maximum atomic E-state index is 10.9. The van der Waals surface area contributed by atoms with Crippen molar-refractivity contribution < 1.29 is 9.90 Å². The number of rotatable bonds is 4. The molecule has 2 heteroatoms. The van der Waals surface area contributed by atoms with Gasteiger partial charge in [0.2, 0.25) is 0 Å². The fraction of sp³-hybridized carbons (Fsp3) is 0.958. The van der Waals surface area contributed by atoms with Crippen LogP contribution < -0.4 is 5.11 Å². The Labute approximate surface area is 160 Å². The fourth-order valence-electron chi connectivity index (χ4n) is 8.82. The zero-order valence-electron chi connectivity index (χ0n) is 17.3. The van der Waals surface area contributed by atoms with E-state index in [-0.39, 0.29) is 6.42 Å². The lowest BCUT2D eigenvalue weighted by molar-refractivity contribution is -0.306. The van der Waals surface area contributed by atoms with Crippen molar-refractivity contribution in [2.24, 2.45) is 46.3 Å². The van der Waals surface area contributed by atoms with E-state index < -0.39 is 5.97 Å². The Kier molecular flexibility index (Phi) is 4.93. The summed E-state index contributed by atoms with van der Waals surface area (Å²) < 4.78 is 0. The summed E-state index contributed by atoms with van der Waals surface area (Å²) in [4.78, 5) is 10.9. The first-order valence-corrected chi connectivity index (χ1v) is 11.6. The van der Waals surface area contributed by atoms with Crippen LogP contribution in [0.5, 0.6) is 0 Å². The SMILES string of the molecule is C[C@H](CCC(=O)[O-])[C@H]1CC[C@H]2[C@@H]3CC[C@@H]4CCCC[C@]4(C)[C@H]3CC[C@]12C. The van der Waals surface area contributed by atoms with E-state index in [1.807, 2.05) is 0 Å². The van der Waals surface area contributed by atoms with Gasteiger partial charge in [-0.2, -0.15) is 0 Å². The lowest BCUT2D eigenvalue weighted by Crippen LogP contribution is -2.53. The van der Waals surface area contributed by atoms with Gasteiger partial charge in [-0.05, 0) is 111 Å². The van der Waals surface area contributed by atoms with Crippen LogP contribution >= 0.6 is 0 Å². The molecule has 0 bridgehead atoms. The number of hydrogen-bond acceptors (Lipinski definition) is 2. The van der Waals surface area contributed by atoms with Crippen molar-refractivity contribution in [1.82, 2.24) is 0 Å². The molecule has 2 nitrogen and oxygen atoms in total. The van der Waals surface area contributed by atoms with Crippen molar-refractivity contribution >= 4 is 5.97 Å². The van der Waals surface area contributed by atoms with Crippen LogP contribution in [0.25, 0.3) is 0 Å². The highest BCUT2D eigenvalue weighted by Crippen LogP contribution is 2.68. The van der Waals surface area contributed by atoms with Gasteiger partial charge in [0.15, 0.2) is 0 Å². The molecule has 0 heterocycles. The van der Waals surface area contributed by atoms with E-state index in [2.05, 4.69) is 20.8 Å². The second kappa shape index (κ2) is 6.82. The molecule has 26 heavy (non-hydrogen) atoms. The average Bonchev–Trinajstić information content (AvgIpc) is 2.96. The summed E-state index contributed by atoms with van der Waals surface area (Å²) in [5.74, 6) is 4.20. The Balaban J connectivity index is 1.52. The molecule has 0 aromatic rings. The van der Waals surface area contributed by atoms with Crippen LogP contribution in [0.3, 0.4) is 0 Å². The number of carboxylic acids is 1. The predicted molar refractivity (Wildman–Crippen MR) is 103 cm³/mol. The molecule has 8 atom stereocenters. The number of carbonyl (C=O) groups is 1. The van der Waals surface area contributed by atoms with Crippen molar-refractivity contribution in [3.8, 4) is 0 Å². The Morgan fingerprint density at radius 1 is 0.962 bits per heavy atom.